The number of nitrogens with two attached hydrogens (primary N) is 1. The van der Waals surface area contributed by atoms with Gasteiger partial charge in [0.2, 0.25) is 0 Å². The molecule has 0 aliphatic carbocycles. The largest absolute Gasteiger partial charge is 0.397 e. The normalized spacial score (nSPS) is 11.8. The molecular formula is C13H16ClN3O2S. The maximum absolute atomic E-state index is 12.5. The summed E-state index contributed by atoms with van der Waals surface area (Å²) >= 11 is 6.08. The lowest BCUT2D eigenvalue weighted by molar-refractivity contribution is 0.595. The molecule has 0 saturated heterocycles. The summed E-state index contributed by atoms with van der Waals surface area (Å²) in [5.41, 5.74) is 8.00. The number of aromatic nitrogens is 2. The fourth-order valence-electron chi connectivity index (χ4n) is 2.03. The first-order valence-electron chi connectivity index (χ1n) is 6.00. The van der Waals surface area contributed by atoms with Gasteiger partial charge in [0, 0.05) is 12.6 Å². The number of rotatable bonds is 3. The molecule has 0 fully saturated rings. The first kappa shape index (κ1) is 14.9. The molecule has 0 radical (unpaired) electrons. The molecule has 0 saturated carbocycles. The maximum atomic E-state index is 12.5. The Bertz CT molecular complexity index is 766. The molecule has 0 atom stereocenters. The van der Waals surface area contributed by atoms with Crippen LogP contribution in [-0.2, 0) is 22.6 Å². The van der Waals surface area contributed by atoms with Crippen LogP contribution in [-0.4, -0.2) is 18.2 Å². The van der Waals surface area contributed by atoms with Crippen molar-refractivity contribution in [1.82, 2.24) is 9.78 Å². The molecule has 0 amide bonds. The van der Waals surface area contributed by atoms with Gasteiger partial charge in [-0.2, -0.15) is 5.10 Å². The predicted molar refractivity (Wildman–Crippen MR) is 79.4 cm³/mol. The Morgan fingerprint density at radius 1 is 1.35 bits per heavy atom. The van der Waals surface area contributed by atoms with Crippen LogP contribution in [0.15, 0.2) is 23.1 Å². The molecular weight excluding hydrogens is 298 g/mol. The van der Waals surface area contributed by atoms with E-state index in [1.54, 1.807) is 33.0 Å². The quantitative estimate of drug-likeness (QED) is 0.882. The number of para-hydroxylation sites is 1. The van der Waals surface area contributed by atoms with Gasteiger partial charge in [-0.05, 0) is 25.5 Å². The number of nitrogen functional groups attached to an aromatic ring is 1. The van der Waals surface area contributed by atoms with Crippen LogP contribution < -0.4 is 5.73 Å². The van der Waals surface area contributed by atoms with Gasteiger partial charge in [-0.1, -0.05) is 23.7 Å². The Morgan fingerprint density at radius 3 is 2.55 bits per heavy atom. The lowest BCUT2D eigenvalue weighted by Gasteiger charge is -2.09. The average molecular weight is 314 g/mol. The SMILES string of the molecule is Cc1cccc(S(=O)(=O)Cc2c(C)nn(C)c2Cl)c1N. The molecule has 0 spiro atoms. The monoisotopic (exact) mass is 313 g/mol. The summed E-state index contributed by atoms with van der Waals surface area (Å²) in [5.74, 6) is -0.209. The molecule has 7 heteroatoms. The van der Waals surface area contributed by atoms with Crippen LogP contribution in [0.3, 0.4) is 0 Å². The van der Waals surface area contributed by atoms with Gasteiger partial charge in [-0.15, -0.1) is 0 Å². The molecule has 0 aliphatic rings. The number of benzene rings is 1. The van der Waals surface area contributed by atoms with Crippen molar-refractivity contribution in [2.75, 3.05) is 5.73 Å². The van der Waals surface area contributed by atoms with E-state index < -0.39 is 9.84 Å². The lowest BCUT2D eigenvalue weighted by atomic mass is 10.2. The zero-order chi connectivity index (χ0) is 15.1. The Kier molecular flexibility index (Phi) is 3.80. The van der Waals surface area contributed by atoms with Gasteiger partial charge in [-0.3, -0.25) is 4.68 Å². The topological polar surface area (TPSA) is 78.0 Å². The summed E-state index contributed by atoms with van der Waals surface area (Å²) in [6.45, 7) is 3.51. The van der Waals surface area contributed by atoms with Gasteiger partial charge in [0.05, 0.1) is 22.0 Å². The molecule has 2 aromatic rings. The van der Waals surface area contributed by atoms with Crippen LogP contribution in [0.5, 0.6) is 0 Å². The third kappa shape index (κ3) is 2.53. The van der Waals surface area contributed by atoms with E-state index in [-0.39, 0.29) is 16.3 Å². The number of anilines is 1. The fraction of sp³-hybridized carbons (Fsp3) is 0.308. The maximum Gasteiger partial charge on any atom is 0.184 e. The number of hydrogen-bond acceptors (Lipinski definition) is 4. The molecule has 2 N–H and O–H groups in total. The fourth-order valence-corrected chi connectivity index (χ4v) is 4.01. The van der Waals surface area contributed by atoms with Gasteiger partial charge in [0.15, 0.2) is 9.84 Å². The van der Waals surface area contributed by atoms with Crippen LogP contribution in [0.1, 0.15) is 16.8 Å². The number of halogens is 1. The minimum absolute atomic E-state index is 0.136. The molecule has 2 rings (SSSR count). The summed E-state index contributed by atoms with van der Waals surface area (Å²) in [4.78, 5) is 0.136. The third-order valence-corrected chi connectivity index (χ3v) is 5.39. The predicted octanol–water partition coefficient (Wildman–Crippen LogP) is 2.25. The second kappa shape index (κ2) is 5.10. The molecule has 108 valence electrons. The molecule has 1 heterocycles. The summed E-state index contributed by atoms with van der Waals surface area (Å²) in [6.07, 6.45) is 0. The van der Waals surface area contributed by atoms with Crippen molar-refractivity contribution >= 4 is 27.1 Å². The Morgan fingerprint density at radius 2 is 2.00 bits per heavy atom. The van der Waals surface area contributed by atoms with Crippen LogP contribution in [0.2, 0.25) is 5.15 Å². The summed E-state index contributed by atoms with van der Waals surface area (Å²) in [6, 6.07) is 4.96. The zero-order valence-electron chi connectivity index (χ0n) is 11.5. The third-order valence-electron chi connectivity index (χ3n) is 3.22. The molecule has 0 bridgehead atoms. The Labute approximate surface area is 123 Å². The van der Waals surface area contributed by atoms with Gasteiger partial charge < -0.3 is 5.73 Å². The first-order valence-corrected chi connectivity index (χ1v) is 8.03. The highest BCUT2D eigenvalue weighted by atomic mass is 35.5. The molecule has 1 aromatic heterocycles. The second-order valence-corrected chi connectivity index (χ2v) is 7.04. The van der Waals surface area contributed by atoms with Crippen LogP contribution >= 0.6 is 11.6 Å². The van der Waals surface area contributed by atoms with E-state index in [9.17, 15) is 8.42 Å². The highest BCUT2D eigenvalue weighted by molar-refractivity contribution is 7.90. The Balaban J connectivity index is 2.49. The van der Waals surface area contributed by atoms with Gasteiger partial charge in [-0.25, -0.2) is 8.42 Å². The van der Waals surface area contributed by atoms with E-state index in [2.05, 4.69) is 5.10 Å². The van der Waals surface area contributed by atoms with Crippen molar-refractivity contribution in [2.24, 2.45) is 7.05 Å². The van der Waals surface area contributed by atoms with Crippen LogP contribution in [0.25, 0.3) is 0 Å². The van der Waals surface area contributed by atoms with Gasteiger partial charge in [0.25, 0.3) is 0 Å². The number of hydrogen-bond donors (Lipinski definition) is 1. The molecule has 0 aliphatic heterocycles. The zero-order valence-corrected chi connectivity index (χ0v) is 13.1. The Hall–Kier alpha value is -1.53. The van der Waals surface area contributed by atoms with E-state index >= 15 is 0 Å². The first-order chi connectivity index (χ1) is 9.24. The van der Waals surface area contributed by atoms with Crippen molar-refractivity contribution in [3.05, 3.63) is 40.2 Å². The smallest absolute Gasteiger partial charge is 0.184 e. The van der Waals surface area contributed by atoms with Gasteiger partial charge in [0.1, 0.15) is 5.15 Å². The van der Waals surface area contributed by atoms with E-state index in [1.165, 1.54) is 10.7 Å². The van der Waals surface area contributed by atoms with E-state index in [0.29, 0.717) is 16.4 Å². The second-order valence-electron chi connectivity index (χ2n) is 4.72. The van der Waals surface area contributed by atoms with E-state index in [1.807, 2.05) is 0 Å². The van der Waals surface area contributed by atoms with E-state index in [4.69, 9.17) is 17.3 Å². The highest BCUT2D eigenvalue weighted by Gasteiger charge is 2.23. The highest BCUT2D eigenvalue weighted by Crippen LogP contribution is 2.28. The van der Waals surface area contributed by atoms with Crippen LogP contribution in [0, 0.1) is 13.8 Å². The number of aryl methyl sites for hydroxylation is 3. The van der Waals surface area contributed by atoms with E-state index in [0.717, 1.165) is 5.56 Å². The number of sulfone groups is 1. The standard InChI is InChI=1S/C13H16ClN3O2S/c1-8-5-4-6-11(12(8)15)20(18,19)7-10-9(2)16-17(3)13(10)14/h4-6H,7,15H2,1-3H3. The molecule has 20 heavy (non-hydrogen) atoms. The van der Waals surface area contributed by atoms with Crippen molar-refractivity contribution in [3.8, 4) is 0 Å². The molecule has 5 nitrogen and oxygen atoms in total. The van der Waals surface area contributed by atoms with Crippen molar-refractivity contribution < 1.29 is 8.42 Å². The number of nitrogens with zero attached hydrogens (tertiary/aromatic N) is 2. The molecule has 0 unspecified atom stereocenters. The summed E-state index contributed by atoms with van der Waals surface area (Å²) in [7, 11) is -1.89. The molecule has 1 aromatic carbocycles. The summed E-state index contributed by atoms with van der Waals surface area (Å²) < 4.78 is 26.5. The lowest BCUT2D eigenvalue weighted by Crippen LogP contribution is -2.09. The minimum Gasteiger partial charge on any atom is -0.397 e. The average Bonchev–Trinajstić information content (AvgIpc) is 2.59. The van der Waals surface area contributed by atoms with Gasteiger partial charge >= 0.3 is 0 Å². The van der Waals surface area contributed by atoms with Crippen molar-refractivity contribution in [3.63, 3.8) is 0 Å². The van der Waals surface area contributed by atoms with Crippen molar-refractivity contribution in [1.29, 1.82) is 0 Å². The minimum atomic E-state index is -3.56. The van der Waals surface area contributed by atoms with Crippen LogP contribution in [0.4, 0.5) is 5.69 Å². The van der Waals surface area contributed by atoms with Crippen molar-refractivity contribution in [2.45, 2.75) is 24.5 Å². The summed E-state index contributed by atoms with van der Waals surface area (Å²) in [5, 5.41) is 4.45.